The monoisotopic (exact) mass is 284 g/mol. The SMILES string of the molecule is C=C(CC(=O)OCC)C(=O)OC(C)(C)C1CC[NH2+]CC1. The number of carbonyl (C=O) groups is 2. The van der Waals surface area contributed by atoms with Gasteiger partial charge in [0.1, 0.15) is 5.60 Å². The van der Waals surface area contributed by atoms with Crippen molar-refractivity contribution in [3.8, 4) is 0 Å². The number of quaternary nitrogens is 1. The lowest BCUT2D eigenvalue weighted by Gasteiger charge is -2.35. The normalized spacial score (nSPS) is 16.6. The molecule has 1 rings (SSSR count). The molecule has 0 atom stereocenters. The largest absolute Gasteiger partial charge is 0.466 e. The molecule has 0 spiro atoms. The first-order valence-corrected chi connectivity index (χ1v) is 7.25. The zero-order valence-electron chi connectivity index (χ0n) is 12.7. The summed E-state index contributed by atoms with van der Waals surface area (Å²) in [4.78, 5) is 23.3. The number of nitrogens with two attached hydrogens (primary N) is 1. The van der Waals surface area contributed by atoms with Gasteiger partial charge in [0, 0.05) is 24.3 Å². The molecule has 0 aromatic heterocycles. The molecule has 0 amide bonds. The topological polar surface area (TPSA) is 69.2 Å². The van der Waals surface area contributed by atoms with Crippen molar-refractivity contribution in [3.05, 3.63) is 12.2 Å². The maximum absolute atomic E-state index is 12.0. The van der Waals surface area contributed by atoms with E-state index in [2.05, 4.69) is 11.9 Å². The number of carbonyl (C=O) groups excluding carboxylic acids is 2. The average Bonchev–Trinajstić information content (AvgIpc) is 2.39. The highest BCUT2D eigenvalue weighted by Gasteiger charge is 2.35. The van der Waals surface area contributed by atoms with Gasteiger partial charge in [-0.25, -0.2) is 4.79 Å². The van der Waals surface area contributed by atoms with Gasteiger partial charge in [0.2, 0.25) is 0 Å². The molecule has 114 valence electrons. The van der Waals surface area contributed by atoms with E-state index in [1.807, 2.05) is 13.8 Å². The lowest BCUT2D eigenvalue weighted by molar-refractivity contribution is -0.665. The first-order chi connectivity index (χ1) is 9.36. The van der Waals surface area contributed by atoms with Crippen molar-refractivity contribution in [1.29, 1.82) is 0 Å². The Kier molecular flexibility index (Phi) is 6.20. The first kappa shape index (κ1) is 16.7. The van der Waals surface area contributed by atoms with Crippen LogP contribution in [0.3, 0.4) is 0 Å². The minimum atomic E-state index is -0.525. The van der Waals surface area contributed by atoms with E-state index in [1.54, 1.807) is 6.92 Å². The van der Waals surface area contributed by atoms with Crippen molar-refractivity contribution in [2.45, 2.75) is 45.6 Å². The van der Waals surface area contributed by atoms with Gasteiger partial charge in [-0.3, -0.25) is 4.79 Å². The minimum Gasteiger partial charge on any atom is -0.466 e. The number of piperidine rings is 1. The highest BCUT2D eigenvalue weighted by molar-refractivity contribution is 5.93. The Morgan fingerprint density at radius 3 is 2.45 bits per heavy atom. The molecule has 20 heavy (non-hydrogen) atoms. The Hall–Kier alpha value is -1.36. The van der Waals surface area contributed by atoms with Gasteiger partial charge >= 0.3 is 11.9 Å². The summed E-state index contributed by atoms with van der Waals surface area (Å²) in [6.07, 6.45) is 1.95. The van der Waals surface area contributed by atoms with Crippen molar-refractivity contribution >= 4 is 11.9 Å². The molecule has 0 saturated carbocycles. The molecule has 0 radical (unpaired) electrons. The van der Waals surface area contributed by atoms with Gasteiger partial charge < -0.3 is 14.8 Å². The molecule has 1 heterocycles. The van der Waals surface area contributed by atoms with E-state index in [0.717, 1.165) is 25.9 Å². The van der Waals surface area contributed by atoms with Gasteiger partial charge in [0.15, 0.2) is 0 Å². The fraction of sp³-hybridized carbons (Fsp3) is 0.733. The van der Waals surface area contributed by atoms with E-state index in [0.29, 0.717) is 12.5 Å². The van der Waals surface area contributed by atoms with Gasteiger partial charge in [0.05, 0.1) is 26.1 Å². The Morgan fingerprint density at radius 2 is 1.90 bits per heavy atom. The second-order valence-corrected chi connectivity index (χ2v) is 5.72. The van der Waals surface area contributed by atoms with Gasteiger partial charge in [-0.05, 0) is 20.8 Å². The van der Waals surface area contributed by atoms with Crippen molar-refractivity contribution in [3.63, 3.8) is 0 Å². The van der Waals surface area contributed by atoms with Crippen LogP contribution in [0.15, 0.2) is 12.2 Å². The third-order valence-electron chi connectivity index (χ3n) is 3.73. The minimum absolute atomic E-state index is 0.110. The molecule has 0 bridgehead atoms. The number of rotatable bonds is 6. The molecule has 1 aliphatic rings. The fourth-order valence-electron chi connectivity index (χ4n) is 2.47. The van der Waals surface area contributed by atoms with E-state index >= 15 is 0 Å². The highest BCUT2D eigenvalue weighted by atomic mass is 16.6. The number of esters is 2. The van der Waals surface area contributed by atoms with E-state index in [9.17, 15) is 9.59 Å². The summed E-state index contributed by atoms with van der Waals surface area (Å²) >= 11 is 0. The van der Waals surface area contributed by atoms with Crippen LogP contribution < -0.4 is 5.32 Å². The van der Waals surface area contributed by atoms with Crippen LogP contribution in [0.5, 0.6) is 0 Å². The van der Waals surface area contributed by atoms with Crippen molar-refractivity contribution < 1.29 is 24.4 Å². The quantitative estimate of drug-likeness (QED) is 0.578. The molecule has 2 N–H and O–H groups in total. The Morgan fingerprint density at radius 1 is 1.30 bits per heavy atom. The molecular weight excluding hydrogens is 258 g/mol. The van der Waals surface area contributed by atoms with Crippen molar-refractivity contribution in [2.24, 2.45) is 5.92 Å². The molecule has 1 fully saturated rings. The third-order valence-corrected chi connectivity index (χ3v) is 3.73. The summed E-state index contributed by atoms with van der Waals surface area (Å²) in [7, 11) is 0. The van der Waals surface area contributed by atoms with Crippen LogP contribution in [0.4, 0.5) is 0 Å². The van der Waals surface area contributed by atoms with Crippen LogP contribution in [-0.2, 0) is 19.1 Å². The van der Waals surface area contributed by atoms with Crippen LogP contribution in [0.25, 0.3) is 0 Å². The lowest BCUT2D eigenvalue weighted by Crippen LogP contribution is -2.86. The van der Waals surface area contributed by atoms with E-state index in [-0.39, 0.29) is 12.0 Å². The summed E-state index contributed by atoms with van der Waals surface area (Å²) in [5.41, 5.74) is -0.373. The third kappa shape index (κ3) is 4.96. The number of hydrogen-bond acceptors (Lipinski definition) is 4. The van der Waals surface area contributed by atoms with E-state index < -0.39 is 17.5 Å². The first-order valence-electron chi connectivity index (χ1n) is 7.25. The van der Waals surface area contributed by atoms with Crippen molar-refractivity contribution in [2.75, 3.05) is 19.7 Å². The maximum atomic E-state index is 12.0. The molecular formula is C15H26NO4+. The predicted molar refractivity (Wildman–Crippen MR) is 74.9 cm³/mol. The predicted octanol–water partition coefficient (Wildman–Crippen LogP) is 0.791. The van der Waals surface area contributed by atoms with Crippen LogP contribution in [0, 0.1) is 5.92 Å². The van der Waals surface area contributed by atoms with Gasteiger partial charge in [0.25, 0.3) is 0 Å². The summed E-state index contributed by atoms with van der Waals surface area (Å²) in [5, 5.41) is 2.27. The highest BCUT2D eigenvalue weighted by Crippen LogP contribution is 2.28. The molecule has 0 aliphatic carbocycles. The Labute approximate surface area is 120 Å². The van der Waals surface area contributed by atoms with E-state index in [1.165, 1.54) is 0 Å². The standard InChI is InChI=1S/C15H25NO4/c1-5-19-13(17)10-11(2)14(18)20-15(3,4)12-6-8-16-9-7-12/h12,16H,2,5-10H2,1,3-4H3/p+1. The molecule has 1 aliphatic heterocycles. The molecule has 5 heteroatoms. The van der Waals surface area contributed by atoms with E-state index in [4.69, 9.17) is 9.47 Å². The Balaban J connectivity index is 2.50. The van der Waals surface area contributed by atoms with Crippen LogP contribution in [-0.4, -0.2) is 37.2 Å². The number of ether oxygens (including phenoxy) is 2. The summed E-state index contributed by atoms with van der Waals surface area (Å²) in [5.74, 6) is -0.594. The molecule has 1 saturated heterocycles. The number of hydrogen-bond donors (Lipinski definition) is 1. The second kappa shape index (κ2) is 7.43. The average molecular weight is 284 g/mol. The molecule has 0 unspecified atom stereocenters. The van der Waals surface area contributed by atoms with Crippen LogP contribution in [0.1, 0.15) is 40.0 Å². The zero-order valence-corrected chi connectivity index (χ0v) is 12.7. The maximum Gasteiger partial charge on any atom is 0.334 e. The van der Waals surface area contributed by atoms with Crippen LogP contribution >= 0.6 is 0 Å². The summed E-state index contributed by atoms with van der Waals surface area (Å²) in [6.45, 7) is 11.6. The smallest absolute Gasteiger partial charge is 0.334 e. The summed E-state index contributed by atoms with van der Waals surface area (Å²) < 4.78 is 10.4. The lowest BCUT2D eigenvalue weighted by atomic mass is 9.83. The van der Waals surface area contributed by atoms with Crippen molar-refractivity contribution in [1.82, 2.24) is 0 Å². The molecule has 0 aromatic rings. The van der Waals surface area contributed by atoms with Gasteiger partial charge in [-0.1, -0.05) is 6.58 Å². The Bertz CT molecular complexity index is 370. The molecule has 5 nitrogen and oxygen atoms in total. The molecule has 0 aromatic carbocycles. The van der Waals surface area contributed by atoms with Gasteiger partial charge in [-0.15, -0.1) is 0 Å². The zero-order chi connectivity index (χ0) is 15.2. The van der Waals surface area contributed by atoms with Crippen LogP contribution in [0.2, 0.25) is 0 Å². The fourth-order valence-corrected chi connectivity index (χ4v) is 2.47. The second-order valence-electron chi connectivity index (χ2n) is 5.72. The van der Waals surface area contributed by atoms with Gasteiger partial charge in [-0.2, -0.15) is 0 Å². The summed E-state index contributed by atoms with van der Waals surface area (Å²) in [6, 6.07) is 0.